The van der Waals surface area contributed by atoms with Gasteiger partial charge in [0.05, 0.1) is 11.4 Å². The number of rotatable bonds is 6. The third-order valence-electron chi connectivity index (χ3n) is 7.04. The van der Waals surface area contributed by atoms with Crippen molar-refractivity contribution in [2.75, 3.05) is 5.32 Å². The molecule has 0 saturated carbocycles. The van der Waals surface area contributed by atoms with Gasteiger partial charge in [-0.25, -0.2) is 36.3 Å². The Kier molecular flexibility index (Phi) is 12.7. The molecule has 0 aliphatic heterocycles. The molecule has 264 valence electrons. The van der Waals surface area contributed by atoms with E-state index in [1.807, 2.05) is 74.5 Å². The summed E-state index contributed by atoms with van der Waals surface area (Å²) in [5, 5.41) is 2.88. The lowest BCUT2D eigenvalue weighted by molar-refractivity contribution is 0.579. The summed E-state index contributed by atoms with van der Waals surface area (Å²) in [5.74, 6) is -3.30. The zero-order valence-corrected chi connectivity index (χ0v) is 27.8. The number of halogens is 5. The number of hydrogen-bond acceptors (Lipinski definition) is 6. The number of nitrogens with two attached hydrogens (primary N) is 1. The van der Waals surface area contributed by atoms with Gasteiger partial charge in [-0.05, 0) is 49.2 Å². The summed E-state index contributed by atoms with van der Waals surface area (Å²) in [4.78, 5) is 52.1. The second kappa shape index (κ2) is 17.1. The highest BCUT2D eigenvalue weighted by molar-refractivity contribution is 6.29. The highest BCUT2D eigenvalue weighted by Crippen LogP contribution is 2.16. The molecule has 2 aromatic heterocycles. The number of aromatic nitrogens is 4. The molecule has 0 radical (unpaired) electrons. The molecule has 2 atom stereocenters. The molecule has 6 aromatic rings. The highest BCUT2D eigenvalue weighted by atomic mass is 35.5. The van der Waals surface area contributed by atoms with E-state index in [1.165, 1.54) is 11.6 Å². The van der Waals surface area contributed by atoms with E-state index < -0.39 is 45.8 Å². The maximum atomic E-state index is 13.3. The van der Waals surface area contributed by atoms with Gasteiger partial charge in [0.25, 0.3) is 11.1 Å². The average molecular weight is 723 g/mol. The van der Waals surface area contributed by atoms with Gasteiger partial charge in [0.1, 0.15) is 34.2 Å². The average Bonchev–Trinajstić information content (AvgIpc) is 3.04. The fourth-order valence-corrected chi connectivity index (χ4v) is 4.86. The summed E-state index contributed by atoms with van der Waals surface area (Å²) in [6.45, 7) is 3.86. The Morgan fingerprint density at radius 3 is 1.41 bits per heavy atom. The van der Waals surface area contributed by atoms with E-state index >= 15 is 0 Å². The van der Waals surface area contributed by atoms with Crippen molar-refractivity contribution in [1.29, 1.82) is 0 Å². The molecule has 0 spiro atoms. The molecule has 0 saturated heterocycles. The molecule has 0 fully saturated rings. The van der Waals surface area contributed by atoms with Crippen molar-refractivity contribution >= 4 is 17.4 Å². The summed E-state index contributed by atoms with van der Waals surface area (Å²) in [5.41, 5.74) is 4.27. The van der Waals surface area contributed by atoms with Crippen LogP contribution in [0, 0.1) is 23.3 Å². The maximum absolute atomic E-state index is 13.3. The molecule has 5 N–H and O–H groups in total. The summed E-state index contributed by atoms with van der Waals surface area (Å²) in [6.07, 6.45) is 0. The van der Waals surface area contributed by atoms with Gasteiger partial charge in [0.15, 0.2) is 0 Å². The largest absolute Gasteiger partial charge is 0.365 e. The van der Waals surface area contributed by atoms with Crippen molar-refractivity contribution < 1.29 is 17.6 Å². The van der Waals surface area contributed by atoms with E-state index in [0.717, 1.165) is 35.9 Å². The van der Waals surface area contributed by atoms with Crippen molar-refractivity contribution in [1.82, 2.24) is 19.1 Å². The number of hydrogen-bond donors (Lipinski definition) is 4. The SMILES string of the molecule is C[C@H](N)c1ccccc1.C[C@H](Nc1cc(=O)n(-c2cc(F)cc(F)c2)c(=O)[nH]1)c1ccccc1.O=c1cc(Cl)[nH]c(=O)n1-c1cc(F)cc(F)c1. The first-order chi connectivity index (χ1) is 24.2. The lowest BCUT2D eigenvalue weighted by Crippen LogP contribution is -2.34. The summed E-state index contributed by atoms with van der Waals surface area (Å²) in [7, 11) is 0. The number of nitrogens with zero attached hydrogens (tertiary/aromatic N) is 2. The standard InChI is InChI=1S/C18H15F2N3O2.C10H5ClF2N2O2.C8H11N/c1-11(12-5-3-2-4-6-12)21-16-10-17(24)23(18(25)22-16)15-8-13(19)7-14(20)9-15;11-8-4-9(16)15(10(17)14-8)7-2-5(12)1-6(13)3-7;1-7(9)8-5-3-2-4-6-8/h2-11,21H,1H3,(H,22,25);1-4H,(H,14,17);2-7H,9H2,1H3/t11-;;7-/m0.0/s1. The number of anilines is 1. The summed E-state index contributed by atoms with van der Waals surface area (Å²) < 4.78 is 53.9. The van der Waals surface area contributed by atoms with Crippen LogP contribution in [0.1, 0.15) is 37.1 Å². The molecule has 4 aromatic carbocycles. The third kappa shape index (κ3) is 10.5. The number of H-pyrrole nitrogens is 2. The molecule has 51 heavy (non-hydrogen) atoms. The van der Waals surface area contributed by atoms with Crippen LogP contribution in [-0.4, -0.2) is 19.1 Å². The zero-order valence-electron chi connectivity index (χ0n) is 27.0. The van der Waals surface area contributed by atoms with Gasteiger partial charge in [-0.1, -0.05) is 72.3 Å². The molecule has 15 heteroatoms. The number of benzene rings is 4. The molecule has 10 nitrogen and oxygen atoms in total. The minimum absolute atomic E-state index is 0.145. The van der Waals surface area contributed by atoms with E-state index in [4.69, 9.17) is 17.3 Å². The van der Waals surface area contributed by atoms with Crippen molar-refractivity contribution in [3.8, 4) is 11.4 Å². The number of nitrogens with one attached hydrogen (secondary N) is 3. The lowest BCUT2D eigenvalue weighted by atomic mass is 10.1. The van der Waals surface area contributed by atoms with Gasteiger partial charge < -0.3 is 11.1 Å². The lowest BCUT2D eigenvalue weighted by Gasteiger charge is -2.15. The zero-order chi connectivity index (χ0) is 37.2. The van der Waals surface area contributed by atoms with Crippen LogP contribution < -0.4 is 33.5 Å². The van der Waals surface area contributed by atoms with E-state index in [2.05, 4.69) is 15.3 Å². The van der Waals surface area contributed by atoms with Crippen LogP contribution in [0.2, 0.25) is 5.15 Å². The first kappa shape index (κ1) is 37.8. The molecule has 2 heterocycles. The molecular weight excluding hydrogens is 692 g/mol. The Labute approximate surface area is 292 Å². The van der Waals surface area contributed by atoms with Gasteiger partial charge in [0, 0.05) is 36.3 Å². The van der Waals surface area contributed by atoms with Crippen LogP contribution in [0.5, 0.6) is 0 Å². The van der Waals surface area contributed by atoms with Crippen LogP contribution in [0.3, 0.4) is 0 Å². The Morgan fingerprint density at radius 1 is 0.608 bits per heavy atom. The highest BCUT2D eigenvalue weighted by Gasteiger charge is 2.12. The quantitative estimate of drug-likeness (QED) is 0.120. The first-order valence-corrected chi connectivity index (χ1v) is 15.5. The predicted octanol–water partition coefficient (Wildman–Crippen LogP) is 6.14. The predicted molar refractivity (Wildman–Crippen MR) is 188 cm³/mol. The van der Waals surface area contributed by atoms with E-state index in [9.17, 15) is 36.7 Å². The minimum atomic E-state index is -0.888. The Hall–Kier alpha value is -5.99. The second-order valence-electron chi connectivity index (χ2n) is 11.0. The Morgan fingerprint density at radius 2 is 1.02 bits per heavy atom. The molecule has 0 aliphatic carbocycles. The van der Waals surface area contributed by atoms with Crippen LogP contribution in [0.15, 0.2) is 128 Å². The van der Waals surface area contributed by atoms with Crippen LogP contribution in [0.25, 0.3) is 11.4 Å². The third-order valence-corrected chi connectivity index (χ3v) is 7.24. The van der Waals surface area contributed by atoms with E-state index in [-0.39, 0.29) is 34.4 Å². The van der Waals surface area contributed by atoms with E-state index in [1.54, 1.807) is 0 Å². The van der Waals surface area contributed by atoms with Crippen molar-refractivity contribution in [3.05, 3.63) is 190 Å². The smallest absolute Gasteiger partial charge is 0.334 e. The van der Waals surface area contributed by atoms with Crippen molar-refractivity contribution in [3.63, 3.8) is 0 Å². The van der Waals surface area contributed by atoms with Gasteiger partial charge in [-0.2, -0.15) is 0 Å². The minimum Gasteiger partial charge on any atom is -0.365 e. The van der Waals surface area contributed by atoms with Gasteiger partial charge in [-0.15, -0.1) is 0 Å². The van der Waals surface area contributed by atoms with Crippen molar-refractivity contribution in [2.24, 2.45) is 5.73 Å². The second-order valence-corrected chi connectivity index (χ2v) is 11.4. The van der Waals surface area contributed by atoms with E-state index in [0.29, 0.717) is 21.3 Å². The fourth-order valence-electron chi connectivity index (χ4n) is 4.68. The number of aromatic amines is 2. The normalized spacial score (nSPS) is 11.7. The Balaban J connectivity index is 0.000000192. The summed E-state index contributed by atoms with van der Waals surface area (Å²) in [6, 6.07) is 26.5. The van der Waals surface area contributed by atoms with Crippen molar-refractivity contribution in [2.45, 2.75) is 25.9 Å². The molecule has 0 aliphatic rings. The van der Waals surface area contributed by atoms with Crippen LogP contribution in [-0.2, 0) is 0 Å². The van der Waals surface area contributed by atoms with Gasteiger partial charge in [0.2, 0.25) is 0 Å². The maximum Gasteiger partial charge on any atom is 0.334 e. The molecular formula is C36H31ClF4N6O4. The fraction of sp³-hybridized carbons (Fsp3) is 0.111. The first-order valence-electron chi connectivity index (χ1n) is 15.1. The Bertz CT molecular complexity index is 2240. The monoisotopic (exact) mass is 722 g/mol. The summed E-state index contributed by atoms with van der Waals surface area (Å²) >= 11 is 5.46. The van der Waals surface area contributed by atoms with Crippen LogP contribution >= 0.6 is 11.6 Å². The van der Waals surface area contributed by atoms with Gasteiger partial charge >= 0.3 is 11.4 Å². The molecule has 0 amide bonds. The molecule has 0 bridgehead atoms. The molecule has 6 rings (SSSR count). The molecule has 0 unspecified atom stereocenters. The van der Waals surface area contributed by atoms with Crippen LogP contribution in [0.4, 0.5) is 23.4 Å². The topological polar surface area (TPSA) is 148 Å². The van der Waals surface area contributed by atoms with Gasteiger partial charge in [-0.3, -0.25) is 19.6 Å².